The summed E-state index contributed by atoms with van der Waals surface area (Å²) in [6.07, 6.45) is -4.85. The van der Waals surface area contributed by atoms with Gasteiger partial charge in [-0.2, -0.15) is 17.6 Å². The summed E-state index contributed by atoms with van der Waals surface area (Å²) in [5, 5.41) is 0. The van der Waals surface area contributed by atoms with Crippen LogP contribution in [0.2, 0.25) is 0 Å². The number of halogens is 5. The predicted octanol–water partition coefficient (Wildman–Crippen LogP) is 4.16. The fraction of sp³-hybridized carbons (Fsp3) is 0.381. The Morgan fingerprint density at radius 1 is 1.30 bits per heavy atom. The quantitative estimate of drug-likeness (QED) is 0.558. The van der Waals surface area contributed by atoms with Gasteiger partial charge in [0.1, 0.15) is 17.6 Å². The van der Waals surface area contributed by atoms with Gasteiger partial charge in [0.05, 0.1) is 24.3 Å². The number of benzene rings is 1. The van der Waals surface area contributed by atoms with Gasteiger partial charge in [0.15, 0.2) is 17.2 Å². The van der Waals surface area contributed by atoms with E-state index in [4.69, 9.17) is 15.2 Å². The highest BCUT2D eigenvalue weighted by atomic mass is 19.4. The smallest absolute Gasteiger partial charge is 0.417 e. The molecule has 7 nitrogen and oxygen atoms in total. The Hall–Kier alpha value is -3.28. The lowest BCUT2D eigenvalue weighted by molar-refractivity contribution is -0.275. The molecule has 4 atom stereocenters. The fourth-order valence-electron chi connectivity index (χ4n) is 4.25. The van der Waals surface area contributed by atoms with Gasteiger partial charge < -0.3 is 20.2 Å². The SMILES string of the molecule is COc1c([C@H]2[C@H](c3nc4cc(C(N)=O)ncc4[nH]3)O[C@@](C)(C(F)(F)F)[C@H]2C)ccc(F)c1F. The molecule has 176 valence electrons. The largest absolute Gasteiger partial charge is 0.493 e. The number of nitrogens with two attached hydrogens (primary N) is 1. The number of amides is 1. The zero-order valence-corrected chi connectivity index (χ0v) is 17.6. The van der Waals surface area contributed by atoms with E-state index in [2.05, 4.69) is 15.0 Å². The van der Waals surface area contributed by atoms with Gasteiger partial charge in [-0.05, 0) is 19.1 Å². The summed E-state index contributed by atoms with van der Waals surface area (Å²) in [7, 11) is 1.10. The highest BCUT2D eigenvalue weighted by Crippen LogP contribution is 2.59. The lowest BCUT2D eigenvalue weighted by Crippen LogP contribution is -2.46. The number of pyridine rings is 1. The van der Waals surface area contributed by atoms with E-state index < -0.39 is 53.0 Å². The Morgan fingerprint density at radius 2 is 2.00 bits per heavy atom. The molecule has 2 aromatic heterocycles. The zero-order valence-electron chi connectivity index (χ0n) is 17.6. The number of imidazole rings is 1. The molecule has 1 aliphatic heterocycles. The predicted molar refractivity (Wildman–Crippen MR) is 106 cm³/mol. The van der Waals surface area contributed by atoms with Crippen molar-refractivity contribution in [3.05, 3.63) is 53.1 Å². The molecule has 33 heavy (non-hydrogen) atoms. The van der Waals surface area contributed by atoms with E-state index in [-0.39, 0.29) is 22.6 Å². The number of carbonyl (C=O) groups excluding carboxylic acids is 1. The average Bonchev–Trinajstić information content (AvgIpc) is 3.28. The summed E-state index contributed by atoms with van der Waals surface area (Å²) in [5.74, 6) is -6.21. The maximum atomic E-state index is 14.4. The molecule has 0 radical (unpaired) electrons. The molecule has 3 heterocycles. The number of H-pyrrole nitrogens is 1. The summed E-state index contributed by atoms with van der Waals surface area (Å²) in [4.78, 5) is 22.4. The average molecular weight is 470 g/mol. The minimum absolute atomic E-state index is 0.00159. The highest BCUT2D eigenvalue weighted by molar-refractivity contribution is 5.93. The summed E-state index contributed by atoms with van der Waals surface area (Å²) in [6, 6.07) is 3.28. The molecule has 1 saturated heterocycles. The fourth-order valence-corrected chi connectivity index (χ4v) is 4.25. The maximum absolute atomic E-state index is 14.4. The Morgan fingerprint density at radius 3 is 2.61 bits per heavy atom. The molecule has 0 saturated carbocycles. The van der Waals surface area contributed by atoms with Crippen LogP contribution in [-0.2, 0) is 4.74 Å². The van der Waals surface area contributed by atoms with E-state index in [9.17, 15) is 26.7 Å². The third kappa shape index (κ3) is 3.48. The third-order valence-corrected chi connectivity index (χ3v) is 6.22. The first-order valence-corrected chi connectivity index (χ1v) is 9.81. The standard InChI is InChI=1S/C21H19F5N4O3/c1-8-14(9-4-5-10(22)15(23)16(9)32-3)17(33-20(8,2)21(24,25)26)19-29-11-6-12(18(27)31)28-7-13(11)30-19/h4-8,14,17H,1-3H3,(H2,27,31)(H,29,30)/t8-,14-,17+,20+/m0/s1. The summed E-state index contributed by atoms with van der Waals surface area (Å²) in [5.41, 5.74) is 3.05. The molecule has 12 heteroatoms. The van der Waals surface area contributed by atoms with Crippen molar-refractivity contribution >= 4 is 16.9 Å². The minimum Gasteiger partial charge on any atom is -0.493 e. The number of alkyl halides is 3. The lowest BCUT2D eigenvalue weighted by Gasteiger charge is -2.32. The first-order valence-electron chi connectivity index (χ1n) is 9.81. The summed E-state index contributed by atoms with van der Waals surface area (Å²) >= 11 is 0. The number of nitrogens with one attached hydrogen (secondary N) is 1. The number of aromatic amines is 1. The normalized spacial score (nSPS) is 25.5. The second-order valence-corrected chi connectivity index (χ2v) is 8.01. The summed E-state index contributed by atoms with van der Waals surface area (Å²) in [6.45, 7) is 2.21. The van der Waals surface area contributed by atoms with Crippen molar-refractivity contribution in [3.63, 3.8) is 0 Å². The first kappa shape index (κ1) is 22.9. The van der Waals surface area contributed by atoms with E-state index in [0.29, 0.717) is 5.52 Å². The molecule has 0 aliphatic carbocycles. The Bertz CT molecular complexity index is 1240. The van der Waals surface area contributed by atoms with E-state index in [1.807, 2.05) is 0 Å². The van der Waals surface area contributed by atoms with Gasteiger partial charge in [0.2, 0.25) is 5.82 Å². The van der Waals surface area contributed by atoms with Crippen molar-refractivity contribution in [3.8, 4) is 5.75 Å². The van der Waals surface area contributed by atoms with Crippen LogP contribution < -0.4 is 10.5 Å². The molecule has 0 bridgehead atoms. The number of ether oxygens (including phenoxy) is 2. The van der Waals surface area contributed by atoms with Gasteiger partial charge in [-0.25, -0.2) is 14.4 Å². The number of carbonyl (C=O) groups is 1. The minimum atomic E-state index is -4.78. The molecule has 3 N–H and O–H groups in total. The van der Waals surface area contributed by atoms with Crippen LogP contribution in [0.1, 0.15) is 47.7 Å². The molecule has 1 amide bonds. The number of rotatable bonds is 4. The van der Waals surface area contributed by atoms with Gasteiger partial charge in [-0.15, -0.1) is 0 Å². The van der Waals surface area contributed by atoms with E-state index >= 15 is 0 Å². The van der Waals surface area contributed by atoms with E-state index in [1.165, 1.54) is 25.3 Å². The number of hydrogen-bond acceptors (Lipinski definition) is 5. The molecule has 3 aromatic rings. The second kappa shape index (κ2) is 7.65. The molecule has 4 rings (SSSR count). The number of aromatic nitrogens is 3. The Balaban J connectivity index is 1.91. The van der Waals surface area contributed by atoms with Crippen LogP contribution in [0.3, 0.4) is 0 Å². The van der Waals surface area contributed by atoms with Gasteiger partial charge in [0.25, 0.3) is 5.91 Å². The van der Waals surface area contributed by atoms with Gasteiger partial charge >= 0.3 is 6.18 Å². The molecule has 1 fully saturated rings. The van der Waals surface area contributed by atoms with Crippen molar-refractivity contribution in [1.29, 1.82) is 0 Å². The monoisotopic (exact) mass is 470 g/mol. The number of fused-ring (bicyclic) bond motifs is 1. The molecule has 1 aliphatic rings. The van der Waals surface area contributed by atoms with Gasteiger partial charge in [0, 0.05) is 17.4 Å². The second-order valence-electron chi connectivity index (χ2n) is 8.01. The number of methoxy groups -OCH3 is 1. The van der Waals surface area contributed by atoms with Gasteiger partial charge in [-0.3, -0.25) is 4.79 Å². The molecular formula is C21H19F5N4O3. The summed E-state index contributed by atoms with van der Waals surface area (Å²) < 4.78 is 81.0. The van der Waals surface area contributed by atoms with Crippen LogP contribution in [-0.4, -0.2) is 39.7 Å². The highest BCUT2D eigenvalue weighted by Gasteiger charge is 2.65. The van der Waals surface area contributed by atoms with Crippen LogP contribution in [0.5, 0.6) is 5.75 Å². The van der Waals surface area contributed by atoms with E-state index in [1.54, 1.807) is 0 Å². The topological polar surface area (TPSA) is 103 Å². The van der Waals surface area contributed by atoms with Crippen molar-refractivity contribution in [2.45, 2.75) is 37.6 Å². The molecule has 1 aromatic carbocycles. The number of hydrogen-bond donors (Lipinski definition) is 2. The third-order valence-electron chi connectivity index (χ3n) is 6.22. The lowest BCUT2D eigenvalue weighted by atomic mass is 9.77. The maximum Gasteiger partial charge on any atom is 0.417 e. The van der Waals surface area contributed by atoms with Crippen molar-refractivity contribution in [2.24, 2.45) is 11.7 Å². The van der Waals surface area contributed by atoms with Crippen LogP contribution in [0.25, 0.3) is 11.0 Å². The first-order chi connectivity index (χ1) is 15.4. The van der Waals surface area contributed by atoms with Crippen LogP contribution >= 0.6 is 0 Å². The Labute approximate surface area is 184 Å². The number of nitrogens with zero attached hydrogens (tertiary/aromatic N) is 2. The Kier molecular flexibility index (Phi) is 5.31. The molecule has 0 spiro atoms. The van der Waals surface area contributed by atoms with Crippen molar-refractivity contribution < 1.29 is 36.2 Å². The molecule has 0 unspecified atom stereocenters. The zero-order chi connectivity index (χ0) is 24.3. The van der Waals surface area contributed by atoms with Gasteiger partial charge in [-0.1, -0.05) is 13.0 Å². The van der Waals surface area contributed by atoms with Crippen molar-refractivity contribution in [1.82, 2.24) is 15.0 Å². The van der Waals surface area contributed by atoms with Crippen LogP contribution in [0.15, 0.2) is 24.4 Å². The van der Waals surface area contributed by atoms with Crippen molar-refractivity contribution in [2.75, 3.05) is 7.11 Å². The van der Waals surface area contributed by atoms with Crippen LogP contribution in [0.4, 0.5) is 22.0 Å². The molecular weight excluding hydrogens is 451 g/mol. The number of primary amides is 1. The van der Waals surface area contributed by atoms with E-state index in [0.717, 1.165) is 20.1 Å². The van der Waals surface area contributed by atoms with Crippen LogP contribution in [0, 0.1) is 17.6 Å².